The van der Waals surface area contributed by atoms with Crippen LogP contribution in [0.3, 0.4) is 0 Å². The fourth-order valence-electron chi connectivity index (χ4n) is 2.87. The SMILES string of the molecule is Clc1cnccc1N1CCN(c2nc3ccccc3[nH]2)CC1. The highest BCUT2D eigenvalue weighted by Gasteiger charge is 2.21. The molecule has 1 N–H and O–H groups in total. The number of nitrogens with zero attached hydrogens (tertiary/aromatic N) is 4. The fraction of sp³-hybridized carbons (Fsp3) is 0.250. The Kier molecular flexibility index (Phi) is 3.35. The molecular weight excluding hydrogens is 298 g/mol. The molecule has 0 aliphatic carbocycles. The summed E-state index contributed by atoms with van der Waals surface area (Å²) < 4.78 is 0. The summed E-state index contributed by atoms with van der Waals surface area (Å²) in [5, 5.41) is 0.708. The van der Waals surface area contributed by atoms with E-state index in [-0.39, 0.29) is 0 Å². The minimum absolute atomic E-state index is 0.708. The summed E-state index contributed by atoms with van der Waals surface area (Å²) in [6.07, 6.45) is 3.48. The van der Waals surface area contributed by atoms with Crippen LogP contribution in [-0.4, -0.2) is 41.1 Å². The Hall–Kier alpha value is -2.27. The molecule has 5 nitrogen and oxygen atoms in total. The van der Waals surface area contributed by atoms with Gasteiger partial charge in [-0.3, -0.25) is 4.98 Å². The van der Waals surface area contributed by atoms with Crippen LogP contribution in [0.4, 0.5) is 11.6 Å². The van der Waals surface area contributed by atoms with Gasteiger partial charge in [-0.05, 0) is 18.2 Å². The molecule has 1 saturated heterocycles. The minimum atomic E-state index is 0.708. The van der Waals surface area contributed by atoms with Crippen LogP contribution < -0.4 is 9.80 Å². The summed E-state index contributed by atoms with van der Waals surface area (Å²) in [5.74, 6) is 0.946. The van der Waals surface area contributed by atoms with E-state index in [1.54, 1.807) is 12.4 Å². The lowest BCUT2D eigenvalue weighted by atomic mass is 10.3. The van der Waals surface area contributed by atoms with Gasteiger partial charge < -0.3 is 14.8 Å². The Morgan fingerprint density at radius 2 is 1.77 bits per heavy atom. The molecule has 6 heteroatoms. The first-order valence-corrected chi connectivity index (χ1v) is 7.73. The van der Waals surface area contributed by atoms with Crippen molar-refractivity contribution in [2.24, 2.45) is 0 Å². The van der Waals surface area contributed by atoms with Gasteiger partial charge >= 0.3 is 0 Å². The highest BCUT2D eigenvalue weighted by molar-refractivity contribution is 6.33. The standard InChI is InChI=1S/C16H16ClN5/c17-12-11-18-6-5-15(12)21-7-9-22(10-8-21)16-19-13-3-1-2-4-14(13)20-16/h1-6,11H,7-10H2,(H,19,20). The number of imidazole rings is 1. The van der Waals surface area contributed by atoms with Crippen LogP contribution in [0, 0.1) is 0 Å². The quantitative estimate of drug-likeness (QED) is 0.790. The Balaban J connectivity index is 1.51. The highest BCUT2D eigenvalue weighted by atomic mass is 35.5. The number of piperazine rings is 1. The van der Waals surface area contributed by atoms with E-state index in [0.29, 0.717) is 5.02 Å². The normalized spacial score (nSPS) is 15.5. The van der Waals surface area contributed by atoms with Gasteiger partial charge in [-0.1, -0.05) is 23.7 Å². The summed E-state index contributed by atoms with van der Waals surface area (Å²) in [7, 11) is 0. The summed E-state index contributed by atoms with van der Waals surface area (Å²) in [5.41, 5.74) is 3.15. The van der Waals surface area contributed by atoms with Crippen molar-refractivity contribution in [1.29, 1.82) is 0 Å². The number of anilines is 2. The third-order valence-corrected chi connectivity index (χ3v) is 4.34. The van der Waals surface area contributed by atoms with Crippen molar-refractivity contribution in [2.45, 2.75) is 0 Å². The lowest BCUT2D eigenvalue weighted by molar-refractivity contribution is 0.643. The maximum absolute atomic E-state index is 6.23. The summed E-state index contributed by atoms with van der Waals surface area (Å²) >= 11 is 6.23. The van der Waals surface area contributed by atoms with Crippen LogP contribution in [0.1, 0.15) is 0 Å². The second-order valence-electron chi connectivity index (χ2n) is 5.38. The number of hydrogen-bond acceptors (Lipinski definition) is 4. The number of para-hydroxylation sites is 2. The van der Waals surface area contributed by atoms with Crippen LogP contribution in [0.15, 0.2) is 42.7 Å². The maximum atomic E-state index is 6.23. The molecule has 0 radical (unpaired) electrons. The van der Waals surface area contributed by atoms with Crippen LogP contribution in [0.5, 0.6) is 0 Å². The molecule has 1 aliphatic heterocycles. The van der Waals surface area contributed by atoms with Crippen molar-refractivity contribution < 1.29 is 0 Å². The number of benzene rings is 1. The first-order valence-electron chi connectivity index (χ1n) is 7.35. The summed E-state index contributed by atoms with van der Waals surface area (Å²) in [6, 6.07) is 10.1. The largest absolute Gasteiger partial charge is 0.367 e. The molecule has 0 spiro atoms. The van der Waals surface area contributed by atoms with Gasteiger partial charge in [0.25, 0.3) is 0 Å². The number of fused-ring (bicyclic) bond motifs is 1. The molecule has 0 atom stereocenters. The van der Waals surface area contributed by atoms with Gasteiger partial charge in [-0.2, -0.15) is 0 Å². The van der Waals surface area contributed by atoms with E-state index in [2.05, 4.69) is 30.8 Å². The van der Waals surface area contributed by atoms with Crippen molar-refractivity contribution in [1.82, 2.24) is 15.0 Å². The monoisotopic (exact) mass is 313 g/mol. The molecule has 112 valence electrons. The van der Waals surface area contributed by atoms with Crippen LogP contribution in [0.25, 0.3) is 11.0 Å². The first kappa shape index (κ1) is 13.4. The Bertz CT molecular complexity index is 759. The number of hydrogen-bond donors (Lipinski definition) is 1. The van der Waals surface area contributed by atoms with E-state index in [0.717, 1.165) is 48.8 Å². The number of aromatic amines is 1. The van der Waals surface area contributed by atoms with Gasteiger partial charge in [-0.15, -0.1) is 0 Å². The van der Waals surface area contributed by atoms with E-state index < -0.39 is 0 Å². The Morgan fingerprint density at radius 1 is 1.00 bits per heavy atom. The van der Waals surface area contributed by atoms with Gasteiger partial charge in [0.1, 0.15) is 0 Å². The second-order valence-corrected chi connectivity index (χ2v) is 5.79. The number of nitrogens with one attached hydrogen (secondary N) is 1. The van der Waals surface area contributed by atoms with Gasteiger partial charge in [0.15, 0.2) is 0 Å². The molecule has 1 fully saturated rings. The van der Waals surface area contributed by atoms with E-state index in [4.69, 9.17) is 11.6 Å². The van der Waals surface area contributed by atoms with Crippen molar-refractivity contribution in [3.63, 3.8) is 0 Å². The van der Waals surface area contributed by atoms with Crippen LogP contribution in [0.2, 0.25) is 5.02 Å². The molecule has 0 bridgehead atoms. The summed E-state index contributed by atoms with van der Waals surface area (Å²) in [4.78, 5) is 16.7. The zero-order chi connectivity index (χ0) is 14.9. The number of halogens is 1. The topological polar surface area (TPSA) is 48.1 Å². The number of H-pyrrole nitrogens is 1. The predicted octanol–water partition coefficient (Wildman–Crippen LogP) is 2.94. The molecule has 3 heterocycles. The molecule has 3 aromatic rings. The zero-order valence-electron chi connectivity index (χ0n) is 12.0. The summed E-state index contributed by atoms with van der Waals surface area (Å²) in [6.45, 7) is 3.67. The number of rotatable bonds is 2. The van der Waals surface area contributed by atoms with Crippen LogP contribution in [-0.2, 0) is 0 Å². The molecular formula is C16H16ClN5. The molecule has 0 unspecified atom stereocenters. The molecule has 0 amide bonds. The van der Waals surface area contributed by atoms with Gasteiger partial charge in [0.05, 0.1) is 21.7 Å². The van der Waals surface area contributed by atoms with Crippen molar-refractivity contribution in [3.05, 3.63) is 47.7 Å². The smallest absolute Gasteiger partial charge is 0.203 e. The van der Waals surface area contributed by atoms with E-state index >= 15 is 0 Å². The lowest BCUT2D eigenvalue weighted by Gasteiger charge is -2.36. The molecule has 22 heavy (non-hydrogen) atoms. The molecule has 2 aromatic heterocycles. The maximum Gasteiger partial charge on any atom is 0.203 e. The van der Waals surface area contributed by atoms with Gasteiger partial charge in [0.2, 0.25) is 5.95 Å². The number of pyridine rings is 1. The third-order valence-electron chi connectivity index (χ3n) is 4.05. The van der Waals surface area contributed by atoms with Crippen molar-refractivity contribution >= 4 is 34.3 Å². The van der Waals surface area contributed by atoms with Crippen molar-refractivity contribution in [3.8, 4) is 0 Å². The molecule has 1 aliphatic rings. The van der Waals surface area contributed by atoms with E-state index in [1.807, 2.05) is 24.3 Å². The fourth-order valence-corrected chi connectivity index (χ4v) is 3.11. The third kappa shape index (κ3) is 2.37. The number of aromatic nitrogens is 3. The van der Waals surface area contributed by atoms with E-state index in [9.17, 15) is 0 Å². The van der Waals surface area contributed by atoms with E-state index in [1.165, 1.54) is 0 Å². The highest BCUT2D eigenvalue weighted by Crippen LogP contribution is 2.26. The minimum Gasteiger partial charge on any atom is -0.367 e. The van der Waals surface area contributed by atoms with Gasteiger partial charge in [-0.25, -0.2) is 4.98 Å². The molecule has 4 rings (SSSR count). The lowest BCUT2D eigenvalue weighted by Crippen LogP contribution is -2.47. The second kappa shape index (κ2) is 5.50. The average molecular weight is 314 g/mol. The van der Waals surface area contributed by atoms with Crippen LogP contribution >= 0.6 is 11.6 Å². The first-order chi connectivity index (χ1) is 10.8. The van der Waals surface area contributed by atoms with Gasteiger partial charge in [0, 0.05) is 38.6 Å². The van der Waals surface area contributed by atoms with Crippen molar-refractivity contribution in [2.75, 3.05) is 36.0 Å². The Labute approximate surface area is 133 Å². The zero-order valence-corrected chi connectivity index (χ0v) is 12.8. The molecule has 0 saturated carbocycles. The Morgan fingerprint density at radius 3 is 2.55 bits per heavy atom. The average Bonchev–Trinajstić information content (AvgIpc) is 2.99. The molecule has 1 aromatic carbocycles. The predicted molar refractivity (Wildman–Crippen MR) is 89.8 cm³/mol.